The predicted molar refractivity (Wildman–Crippen MR) is 108 cm³/mol. The third-order valence-electron chi connectivity index (χ3n) is 4.02. The smallest absolute Gasteiger partial charge is 1.00 e. The van der Waals surface area contributed by atoms with Crippen molar-refractivity contribution in [2.75, 3.05) is 13.3 Å². The van der Waals surface area contributed by atoms with Gasteiger partial charge in [-0.1, -0.05) is 30.5 Å². The van der Waals surface area contributed by atoms with Gasteiger partial charge < -0.3 is 29.7 Å². The fourth-order valence-electron chi connectivity index (χ4n) is 2.74. The molecule has 0 fully saturated rings. The second-order valence-corrected chi connectivity index (χ2v) is 9.79. The monoisotopic (exact) mass is 495 g/mol. The van der Waals surface area contributed by atoms with Gasteiger partial charge in [0.2, 0.25) is 0 Å². The number of nitrogens with zero attached hydrogens (tertiary/aromatic N) is 1. The van der Waals surface area contributed by atoms with Crippen LogP contribution in [0.1, 0.15) is 27.7 Å². The van der Waals surface area contributed by atoms with Gasteiger partial charge in [-0.2, -0.15) is 23.9 Å². The molecule has 0 saturated carbocycles. The largest absolute Gasteiger partial charge is 1.00 e. The molecule has 0 radical (unpaired) electrons. The molecule has 0 aromatic carbocycles. The molecule has 4 rings (SSSR count). The maximum absolute atomic E-state index is 3.32. The first-order valence-electron chi connectivity index (χ1n) is 8.39. The first kappa shape index (κ1) is 26.7. The van der Waals surface area contributed by atoms with Crippen molar-refractivity contribution in [2.45, 2.75) is 33.7 Å². The number of hydrogen-bond acceptors (Lipinski definition) is 2. The van der Waals surface area contributed by atoms with E-state index in [1.807, 2.05) is 6.08 Å². The van der Waals surface area contributed by atoms with E-state index in [1.165, 1.54) is 36.1 Å². The van der Waals surface area contributed by atoms with Gasteiger partial charge in [0, 0.05) is 6.04 Å². The maximum Gasteiger partial charge on any atom is -1.00 e. The van der Waals surface area contributed by atoms with E-state index in [2.05, 4.69) is 88.4 Å². The molecule has 1 nitrogen and oxygen atoms in total. The van der Waals surface area contributed by atoms with Crippen molar-refractivity contribution < 1.29 is 49.0 Å². The zero-order chi connectivity index (χ0) is 18.6. The minimum absolute atomic E-state index is 0. The molecule has 0 aromatic rings. The molecule has 1 atom stereocenters. The number of fused-ring (bicyclic) bond motifs is 2. The van der Waals surface area contributed by atoms with Gasteiger partial charge in [0.25, 0.3) is 0 Å². The van der Waals surface area contributed by atoms with Gasteiger partial charge >= 0.3 is 41.3 Å². The predicted octanol–water partition coefficient (Wildman–Crippen LogP) is -0.880. The number of likely N-dealkylation sites (N-methyl/N-ethyl adjacent to an activating group) is 1. The van der Waals surface area contributed by atoms with E-state index < -0.39 is 0 Å². The summed E-state index contributed by atoms with van der Waals surface area (Å²) in [5, 5.41) is 0. The number of rotatable bonds is 1. The minimum atomic E-state index is 0. The Bertz CT molecular complexity index is 778. The van der Waals surface area contributed by atoms with Gasteiger partial charge in [-0.05, 0) is 13.3 Å². The van der Waals surface area contributed by atoms with Crippen LogP contribution in [-0.2, 0) is 24.2 Å². The van der Waals surface area contributed by atoms with Crippen LogP contribution in [0, 0.1) is 12.2 Å². The molecule has 1 heterocycles. The maximum atomic E-state index is 3.32. The van der Waals surface area contributed by atoms with Crippen LogP contribution >= 0.6 is 11.8 Å². The van der Waals surface area contributed by atoms with E-state index in [-0.39, 0.29) is 24.8 Å². The standard InChI is InChI=1S/C10H12N.C9H7S.C3H6.2ClH.Zr/c1-7-4-9-6-8(2)11(3)10(9)5-7;1-10-9-6-5-7-3-2-4-8(7)9;1-3-2;;;/h5-6,8H,1-3H3;2-3,5-6H,1H3;1-2H3;2*1H;/q2*-1;;;;+2/p-2. The Balaban J connectivity index is 0.000000397. The second kappa shape index (κ2) is 12.3. The Kier molecular flexibility index (Phi) is 12.1. The van der Waals surface area contributed by atoms with Crippen LogP contribution < -0.4 is 24.8 Å². The summed E-state index contributed by atoms with van der Waals surface area (Å²) in [4.78, 5) is 3.61. The molecule has 144 valence electrons. The third-order valence-corrected chi connectivity index (χ3v) is 4.80. The van der Waals surface area contributed by atoms with Crippen molar-refractivity contribution in [1.82, 2.24) is 4.90 Å². The molecule has 0 bridgehead atoms. The molecule has 4 aliphatic rings. The number of halogens is 2. The molecule has 1 aliphatic heterocycles. The average molecular weight is 498 g/mol. The van der Waals surface area contributed by atoms with Crippen LogP contribution in [-0.4, -0.2) is 27.5 Å². The quantitative estimate of drug-likeness (QED) is 0.433. The van der Waals surface area contributed by atoms with Gasteiger partial charge in [-0.25, -0.2) is 0 Å². The van der Waals surface area contributed by atoms with Gasteiger partial charge in [0.15, 0.2) is 0 Å². The average Bonchev–Trinajstić information content (AvgIpc) is 3.25. The number of thioether (sulfide) groups is 1. The van der Waals surface area contributed by atoms with E-state index in [9.17, 15) is 0 Å². The van der Waals surface area contributed by atoms with Crippen molar-refractivity contribution in [2.24, 2.45) is 0 Å². The summed E-state index contributed by atoms with van der Waals surface area (Å²) in [6, 6.07) is 0.539. The van der Waals surface area contributed by atoms with Gasteiger partial charge in [-0.3, -0.25) is 0 Å². The van der Waals surface area contributed by atoms with Gasteiger partial charge in [0.05, 0.1) is 0 Å². The molecular formula is C22H25Cl2NSZr-2. The minimum Gasteiger partial charge on any atom is -1.00 e. The summed E-state index contributed by atoms with van der Waals surface area (Å²) in [5.41, 5.74) is 6.43. The van der Waals surface area contributed by atoms with Crippen LogP contribution in [0.2, 0.25) is 0 Å². The fourth-order valence-corrected chi connectivity index (χ4v) is 3.32. The fraction of sp³-hybridized carbons (Fsp3) is 0.318. The van der Waals surface area contributed by atoms with Crippen LogP contribution in [0.4, 0.5) is 0 Å². The molecule has 0 aromatic heterocycles. The van der Waals surface area contributed by atoms with E-state index in [1.54, 1.807) is 36.0 Å². The SMILES string of the molecule is CC1=[C-]C2=CC(C)N(C)C2=C1.CSC1=C2[C-]=CC=C2C=C1.C[C](C)=[Zr+2].[Cl-].[Cl-]. The summed E-state index contributed by atoms with van der Waals surface area (Å²) in [6.07, 6.45) is 21.4. The molecule has 0 saturated heterocycles. The Morgan fingerprint density at radius 1 is 1.22 bits per heavy atom. The van der Waals surface area contributed by atoms with Crippen molar-refractivity contribution in [3.05, 3.63) is 81.5 Å². The molecule has 0 spiro atoms. The Labute approximate surface area is 196 Å². The van der Waals surface area contributed by atoms with Crippen molar-refractivity contribution >= 4 is 15.0 Å². The van der Waals surface area contributed by atoms with Crippen LogP contribution in [0.25, 0.3) is 0 Å². The van der Waals surface area contributed by atoms with Crippen LogP contribution in [0.15, 0.2) is 69.4 Å². The molecule has 1 unspecified atom stereocenters. The molecule has 0 N–H and O–H groups in total. The normalized spacial score (nSPS) is 20.0. The molecular weight excluding hydrogens is 472 g/mol. The zero-order valence-electron chi connectivity index (χ0n) is 16.7. The van der Waals surface area contributed by atoms with E-state index in [0.29, 0.717) is 6.04 Å². The molecule has 3 aliphatic carbocycles. The van der Waals surface area contributed by atoms with E-state index >= 15 is 0 Å². The zero-order valence-corrected chi connectivity index (χ0v) is 21.4. The summed E-state index contributed by atoms with van der Waals surface area (Å²) >= 11 is 3.33. The summed E-state index contributed by atoms with van der Waals surface area (Å²) in [6.45, 7) is 8.53. The second-order valence-electron chi connectivity index (χ2n) is 6.48. The number of allylic oxidation sites excluding steroid dienone is 10. The Morgan fingerprint density at radius 2 is 1.85 bits per heavy atom. The number of hydrogen-bond donors (Lipinski definition) is 0. The first-order valence-corrected chi connectivity index (χ1v) is 10.8. The van der Waals surface area contributed by atoms with Gasteiger partial charge in [0.1, 0.15) is 0 Å². The van der Waals surface area contributed by atoms with Crippen molar-refractivity contribution in [1.29, 1.82) is 0 Å². The summed E-state index contributed by atoms with van der Waals surface area (Å²) in [5.74, 6) is 0. The van der Waals surface area contributed by atoms with E-state index in [4.69, 9.17) is 0 Å². The van der Waals surface area contributed by atoms with E-state index in [0.717, 1.165) is 0 Å². The first-order chi connectivity index (χ1) is 11.8. The summed E-state index contributed by atoms with van der Waals surface area (Å²) in [7, 11) is 2.13. The van der Waals surface area contributed by atoms with Crippen molar-refractivity contribution in [3.8, 4) is 0 Å². The molecule has 27 heavy (non-hydrogen) atoms. The third kappa shape index (κ3) is 7.20. The van der Waals surface area contributed by atoms with Gasteiger partial charge in [-0.15, -0.1) is 52.7 Å². The topological polar surface area (TPSA) is 3.24 Å². The Hall–Kier alpha value is -0.337. The van der Waals surface area contributed by atoms with Crippen LogP contribution in [0.5, 0.6) is 0 Å². The van der Waals surface area contributed by atoms with Crippen LogP contribution in [0.3, 0.4) is 0 Å². The molecule has 0 amide bonds. The molecule has 5 heteroatoms. The van der Waals surface area contributed by atoms with Crippen molar-refractivity contribution in [3.63, 3.8) is 0 Å². The summed E-state index contributed by atoms with van der Waals surface area (Å²) < 4.78 is 1.51. The Morgan fingerprint density at radius 3 is 2.41 bits per heavy atom.